The molecule has 0 unspecified atom stereocenters. The summed E-state index contributed by atoms with van der Waals surface area (Å²) < 4.78 is 6.86. The lowest BCUT2D eigenvalue weighted by Crippen LogP contribution is -2.14. The van der Waals surface area contributed by atoms with Crippen molar-refractivity contribution in [3.8, 4) is 5.75 Å². The molecule has 0 atom stereocenters. The standard InChI is InChI=1S/C18H22BrNO.ClH/c1-2-3-11-20-13-16-9-10-18(17(19)12-16)21-14-15-7-5-4-6-8-15;/h4-10,12,20H,2-3,11,13-14H2,1H3;1H. The lowest BCUT2D eigenvalue weighted by Gasteiger charge is -2.10. The van der Waals surface area contributed by atoms with E-state index in [0.717, 1.165) is 23.3 Å². The molecule has 4 heteroatoms. The summed E-state index contributed by atoms with van der Waals surface area (Å²) in [6.07, 6.45) is 2.45. The van der Waals surface area contributed by atoms with Crippen molar-refractivity contribution in [1.29, 1.82) is 0 Å². The van der Waals surface area contributed by atoms with Gasteiger partial charge in [-0.05, 0) is 52.2 Å². The van der Waals surface area contributed by atoms with Crippen molar-refractivity contribution in [1.82, 2.24) is 5.32 Å². The minimum Gasteiger partial charge on any atom is -0.488 e. The number of ether oxygens (including phenoxy) is 1. The van der Waals surface area contributed by atoms with E-state index in [9.17, 15) is 0 Å². The normalized spacial score (nSPS) is 10.1. The van der Waals surface area contributed by atoms with E-state index in [2.05, 4.69) is 52.4 Å². The van der Waals surface area contributed by atoms with Crippen LogP contribution in [0.25, 0.3) is 0 Å². The summed E-state index contributed by atoms with van der Waals surface area (Å²) in [6, 6.07) is 16.5. The fourth-order valence-electron chi connectivity index (χ4n) is 2.04. The van der Waals surface area contributed by atoms with Gasteiger partial charge in [0.05, 0.1) is 4.47 Å². The monoisotopic (exact) mass is 383 g/mol. The van der Waals surface area contributed by atoms with E-state index in [4.69, 9.17) is 4.74 Å². The van der Waals surface area contributed by atoms with Crippen molar-refractivity contribution in [3.63, 3.8) is 0 Å². The quantitative estimate of drug-likeness (QED) is 0.620. The molecular weight excluding hydrogens is 362 g/mol. The molecule has 2 aromatic carbocycles. The summed E-state index contributed by atoms with van der Waals surface area (Å²) in [7, 11) is 0. The van der Waals surface area contributed by atoms with Crippen LogP contribution >= 0.6 is 28.3 Å². The third-order valence-electron chi connectivity index (χ3n) is 3.27. The molecule has 0 aromatic heterocycles. The summed E-state index contributed by atoms with van der Waals surface area (Å²) in [5.41, 5.74) is 2.44. The van der Waals surface area contributed by atoms with Crippen molar-refractivity contribution >= 4 is 28.3 Å². The Morgan fingerprint density at radius 2 is 1.82 bits per heavy atom. The van der Waals surface area contributed by atoms with Gasteiger partial charge in [-0.15, -0.1) is 12.4 Å². The number of unbranched alkanes of at least 4 members (excludes halogenated alkanes) is 1. The summed E-state index contributed by atoms with van der Waals surface area (Å²) in [6.45, 7) is 4.77. The van der Waals surface area contributed by atoms with E-state index in [-0.39, 0.29) is 12.4 Å². The Balaban J connectivity index is 0.00000242. The van der Waals surface area contributed by atoms with Gasteiger partial charge in [-0.1, -0.05) is 49.7 Å². The van der Waals surface area contributed by atoms with Crippen molar-refractivity contribution in [3.05, 3.63) is 64.1 Å². The van der Waals surface area contributed by atoms with E-state index >= 15 is 0 Å². The first kappa shape index (κ1) is 19.0. The van der Waals surface area contributed by atoms with E-state index in [0.29, 0.717) is 6.61 Å². The summed E-state index contributed by atoms with van der Waals surface area (Å²) in [5.74, 6) is 0.885. The van der Waals surface area contributed by atoms with Crippen LogP contribution in [-0.4, -0.2) is 6.54 Å². The summed E-state index contributed by atoms with van der Waals surface area (Å²) >= 11 is 3.59. The second-order valence-corrected chi connectivity index (χ2v) is 5.92. The Bertz CT molecular complexity index is 548. The second kappa shape index (κ2) is 10.7. The fourth-order valence-corrected chi connectivity index (χ4v) is 2.58. The second-order valence-electron chi connectivity index (χ2n) is 5.07. The van der Waals surface area contributed by atoms with E-state index in [1.807, 2.05) is 24.3 Å². The van der Waals surface area contributed by atoms with Crippen LogP contribution < -0.4 is 10.1 Å². The third-order valence-corrected chi connectivity index (χ3v) is 3.89. The Labute approximate surface area is 147 Å². The first-order valence-electron chi connectivity index (χ1n) is 7.45. The van der Waals surface area contributed by atoms with Gasteiger partial charge in [-0.25, -0.2) is 0 Å². The molecule has 0 bridgehead atoms. The molecule has 0 saturated carbocycles. The molecule has 0 saturated heterocycles. The van der Waals surface area contributed by atoms with Crippen LogP contribution in [0.5, 0.6) is 5.75 Å². The molecule has 2 rings (SSSR count). The molecule has 1 N–H and O–H groups in total. The average molecular weight is 385 g/mol. The molecule has 0 aliphatic heterocycles. The SMILES string of the molecule is CCCCNCc1ccc(OCc2ccccc2)c(Br)c1.Cl. The Morgan fingerprint density at radius 3 is 2.50 bits per heavy atom. The first-order chi connectivity index (χ1) is 10.3. The minimum absolute atomic E-state index is 0. The zero-order valence-corrected chi connectivity index (χ0v) is 15.3. The highest BCUT2D eigenvalue weighted by Crippen LogP contribution is 2.26. The number of hydrogen-bond acceptors (Lipinski definition) is 2. The minimum atomic E-state index is 0. The molecule has 0 aliphatic rings. The van der Waals surface area contributed by atoms with Gasteiger partial charge in [0, 0.05) is 6.54 Å². The number of benzene rings is 2. The molecule has 0 spiro atoms. The molecule has 22 heavy (non-hydrogen) atoms. The van der Waals surface area contributed by atoms with Crippen molar-refractivity contribution < 1.29 is 4.74 Å². The predicted molar refractivity (Wildman–Crippen MR) is 98.8 cm³/mol. The fraction of sp³-hybridized carbons (Fsp3) is 0.333. The van der Waals surface area contributed by atoms with Crippen molar-refractivity contribution in [2.75, 3.05) is 6.54 Å². The van der Waals surface area contributed by atoms with Gasteiger partial charge >= 0.3 is 0 Å². The maximum atomic E-state index is 5.85. The summed E-state index contributed by atoms with van der Waals surface area (Å²) in [4.78, 5) is 0. The van der Waals surface area contributed by atoms with Gasteiger partial charge in [0.15, 0.2) is 0 Å². The molecule has 0 radical (unpaired) electrons. The number of rotatable bonds is 8. The summed E-state index contributed by atoms with van der Waals surface area (Å²) in [5, 5.41) is 3.45. The molecular formula is C18H23BrClNO. The molecule has 120 valence electrons. The van der Waals surface area contributed by atoms with Crippen molar-refractivity contribution in [2.24, 2.45) is 0 Å². The van der Waals surface area contributed by atoms with E-state index in [1.54, 1.807) is 0 Å². The van der Waals surface area contributed by atoms with Crippen LogP contribution in [0, 0.1) is 0 Å². The van der Waals surface area contributed by atoms with Gasteiger partial charge < -0.3 is 10.1 Å². The Kier molecular flexibility index (Phi) is 9.21. The number of halogens is 2. The molecule has 2 nitrogen and oxygen atoms in total. The average Bonchev–Trinajstić information content (AvgIpc) is 2.52. The van der Waals surface area contributed by atoms with Gasteiger partial charge in [0.2, 0.25) is 0 Å². The van der Waals surface area contributed by atoms with Crippen LogP contribution in [0.2, 0.25) is 0 Å². The Morgan fingerprint density at radius 1 is 1.05 bits per heavy atom. The zero-order chi connectivity index (χ0) is 14.9. The van der Waals surface area contributed by atoms with Gasteiger partial charge in [0.25, 0.3) is 0 Å². The molecule has 0 amide bonds. The third kappa shape index (κ3) is 6.39. The number of nitrogens with one attached hydrogen (secondary N) is 1. The van der Waals surface area contributed by atoms with Crippen LogP contribution in [-0.2, 0) is 13.2 Å². The van der Waals surface area contributed by atoms with Crippen LogP contribution in [0.15, 0.2) is 53.0 Å². The molecule has 0 fully saturated rings. The molecule has 2 aromatic rings. The van der Waals surface area contributed by atoms with E-state index < -0.39 is 0 Å². The lowest BCUT2D eigenvalue weighted by molar-refractivity contribution is 0.304. The first-order valence-corrected chi connectivity index (χ1v) is 8.24. The maximum Gasteiger partial charge on any atom is 0.134 e. The van der Waals surface area contributed by atoms with Gasteiger partial charge in [-0.2, -0.15) is 0 Å². The van der Waals surface area contributed by atoms with Crippen LogP contribution in [0.4, 0.5) is 0 Å². The van der Waals surface area contributed by atoms with Crippen LogP contribution in [0.3, 0.4) is 0 Å². The Hall–Kier alpha value is -1.03. The predicted octanol–water partition coefficient (Wildman–Crippen LogP) is 5.34. The van der Waals surface area contributed by atoms with Gasteiger partial charge in [0.1, 0.15) is 12.4 Å². The van der Waals surface area contributed by atoms with Gasteiger partial charge in [-0.3, -0.25) is 0 Å². The lowest BCUT2D eigenvalue weighted by atomic mass is 10.2. The van der Waals surface area contributed by atoms with Crippen molar-refractivity contribution in [2.45, 2.75) is 32.9 Å². The van der Waals surface area contributed by atoms with Crippen LogP contribution in [0.1, 0.15) is 30.9 Å². The maximum absolute atomic E-state index is 5.85. The zero-order valence-electron chi connectivity index (χ0n) is 12.8. The number of hydrogen-bond donors (Lipinski definition) is 1. The highest BCUT2D eigenvalue weighted by atomic mass is 79.9. The molecule has 0 heterocycles. The van der Waals surface area contributed by atoms with E-state index in [1.165, 1.54) is 24.0 Å². The highest BCUT2D eigenvalue weighted by molar-refractivity contribution is 9.10. The molecule has 0 aliphatic carbocycles. The smallest absolute Gasteiger partial charge is 0.134 e. The highest BCUT2D eigenvalue weighted by Gasteiger charge is 2.03. The largest absolute Gasteiger partial charge is 0.488 e. The topological polar surface area (TPSA) is 21.3 Å².